The van der Waals surface area contributed by atoms with Crippen LogP contribution in [-0.2, 0) is 0 Å². The number of nitrogens with one attached hydrogen (secondary N) is 3. The van der Waals surface area contributed by atoms with Crippen molar-refractivity contribution in [1.82, 2.24) is 16.2 Å². The number of thiocarbonyl (C=S) groups is 1. The van der Waals surface area contributed by atoms with Crippen molar-refractivity contribution in [1.29, 1.82) is 0 Å². The molecule has 2 aromatic rings. The van der Waals surface area contributed by atoms with Gasteiger partial charge in [-0.1, -0.05) is 24.3 Å². The van der Waals surface area contributed by atoms with Crippen LogP contribution in [0.2, 0.25) is 0 Å². The monoisotopic (exact) mass is 245 g/mol. The molecule has 1 atom stereocenters. The molecule has 4 nitrogen and oxygen atoms in total. The lowest BCUT2D eigenvalue weighted by atomic mass is 10.0. The van der Waals surface area contributed by atoms with Gasteiger partial charge >= 0.3 is 0 Å². The number of phenolic OH excluding ortho intramolecular Hbond substituents is 1. The number of hydrazine groups is 1. The quantitative estimate of drug-likeness (QED) is 0.574. The lowest BCUT2D eigenvalue weighted by Crippen LogP contribution is -2.26. The van der Waals surface area contributed by atoms with Gasteiger partial charge in [0.25, 0.3) is 0 Å². The molecule has 1 fully saturated rings. The van der Waals surface area contributed by atoms with Crippen LogP contribution in [0.4, 0.5) is 0 Å². The molecule has 0 aliphatic carbocycles. The standard InChI is InChI=1S/C12H11N3OS/c16-10-6-8-4-2-1-3-7(8)5-9(10)11-13-12(17)15-14-11/h1-6,11,14,16H,(H2,13,15,17). The molecule has 1 aliphatic heterocycles. The fourth-order valence-electron chi connectivity index (χ4n) is 1.97. The highest BCUT2D eigenvalue weighted by molar-refractivity contribution is 7.80. The normalized spacial score (nSPS) is 19.1. The van der Waals surface area contributed by atoms with Crippen LogP contribution in [0, 0.1) is 0 Å². The minimum Gasteiger partial charge on any atom is -0.508 e. The van der Waals surface area contributed by atoms with Gasteiger partial charge in [-0.15, -0.1) is 0 Å². The SMILES string of the molecule is Oc1cc2ccccc2cc1C1NNC(=S)N1. The lowest BCUT2D eigenvalue weighted by Gasteiger charge is -2.13. The maximum Gasteiger partial charge on any atom is 0.182 e. The largest absolute Gasteiger partial charge is 0.508 e. The summed E-state index contributed by atoms with van der Waals surface area (Å²) in [4.78, 5) is 0. The maximum atomic E-state index is 10.0. The first-order valence-electron chi connectivity index (χ1n) is 5.28. The first-order valence-corrected chi connectivity index (χ1v) is 5.68. The molecule has 1 heterocycles. The number of benzene rings is 2. The van der Waals surface area contributed by atoms with E-state index in [0.717, 1.165) is 16.3 Å². The van der Waals surface area contributed by atoms with Gasteiger partial charge in [-0.05, 0) is 35.1 Å². The van der Waals surface area contributed by atoms with Crippen molar-refractivity contribution in [2.45, 2.75) is 6.17 Å². The van der Waals surface area contributed by atoms with Gasteiger partial charge in [0.05, 0.1) is 0 Å². The fourth-order valence-corrected chi connectivity index (χ4v) is 2.15. The molecule has 86 valence electrons. The van der Waals surface area contributed by atoms with E-state index in [4.69, 9.17) is 12.2 Å². The van der Waals surface area contributed by atoms with E-state index in [9.17, 15) is 5.11 Å². The van der Waals surface area contributed by atoms with Crippen molar-refractivity contribution in [3.8, 4) is 5.75 Å². The van der Waals surface area contributed by atoms with E-state index in [1.54, 1.807) is 6.07 Å². The summed E-state index contributed by atoms with van der Waals surface area (Å²) in [5.74, 6) is 0.250. The molecule has 17 heavy (non-hydrogen) atoms. The van der Waals surface area contributed by atoms with E-state index < -0.39 is 0 Å². The van der Waals surface area contributed by atoms with Crippen LogP contribution in [0.25, 0.3) is 10.8 Å². The molecule has 2 aromatic carbocycles. The smallest absolute Gasteiger partial charge is 0.182 e. The molecule has 0 spiro atoms. The van der Waals surface area contributed by atoms with E-state index in [1.165, 1.54) is 0 Å². The van der Waals surface area contributed by atoms with Crippen molar-refractivity contribution in [3.05, 3.63) is 42.0 Å². The molecule has 0 saturated carbocycles. The molecule has 1 aliphatic rings. The van der Waals surface area contributed by atoms with E-state index in [2.05, 4.69) is 16.2 Å². The zero-order chi connectivity index (χ0) is 11.8. The van der Waals surface area contributed by atoms with E-state index in [0.29, 0.717) is 5.11 Å². The second-order valence-electron chi connectivity index (χ2n) is 3.93. The van der Waals surface area contributed by atoms with Crippen molar-refractivity contribution >= 4 is 28.1 Å². The van der Waals surface area contributed by atoms with Gasteiger partial charge in [0.2, 0.25) is 0 Å². The predicted octanol–water partition coefficient (Wildman–Crippen LogP) is 1.53. The minimum absolute atomic E-state index is 0.202. The third kappa shape index (κ3) is 1.79. The molecule has 0 bridgehead atoms. The molecule has 0 radical (unpaired) electrons. The van der Waals surface area contributed by atoms with Gasteiger partial charge in [0, 0.05) is 5.56 Å². The number of phenols is 1. The average molecular weight is 245 g/mol. The summed E-state index contributed by atoms with van der Waals surface area (Å²) in [6, 6.07) is 11.6. The van der Waals surface area contributed by atoms with Crippen LogP contribution < -0.4 is 16.2 Å². The Morgan fingerprint density at radius 1 is 1.12 bits per heavy atom. The summed E-state index contributed by atoms with van der Waals surface area (Å²) >= 11 is 4.97. The Hall–Kier alpha value is -1.85. The number of rotatable bonds is 1. The van der Waals surface area contributed by atoms with Gasteiger partial charge in [0.15, 0.2) is 5.11 Å². The van der Waals surface area contributed by atoms with Gasteiger partial charge in [0.1, 0.15) is 11.9 Å². The molecule has 0 amide bonds. The summed E-state index contributed by atoms with van der Waals surface area (Å²) in [5, 5.41) is 15.7. The van der Waals surface area contributed by atoms with Crippen molar-refractivity contribution in [2.75, 3.05) is 0 Å². The van der Waals surface area contributed by atoms with Gasteiger partial charge in [-0.2, -0.15) is 0 Å². The van der Waals surface area contributed by atoms with Crippen molar-refractivity contribution in [3.63, 3.8) is 0 Å². The predicted molar refractivity (Wildman–Crippen MR) is 70.4 cm³/mol. The van der Waals surface area contributed by atoms with E-state index in [1.807, 2.05) is 30.3 Å². The number of fused-ring (bicyclic) bond motifs is 1. The van der Waals surface area contributed by atoms with Crippen LogP contribution >= 0.6 is 12.2 Å². The molecule has 5 heteroatoms. The Bertz CT molecular complexity index is 599. The molecule has 1 unspecified atom stereocenters. The molecular formula is C12H11N3OS. The Morgan fingerprint density at radius 3 is 2.47 bits per heavy atom. The fraction of sp³-hybridized carbons (Fsp3) is 0.0833. The Morgan fingerprint density at radius 2 is 1.82 bits per heavy atom. The molecule has 1 saturated heterocycles. The number of hydrogen-bond donors (Lipinski definition) is 4. The van der Waals surface area contributed by atoms with E-state index in [-0.39, 0.29) is 11.9 Å². The van der Waals surface area contributed by atoms with Crippen LogP contribution in [0.1, 0.15) is 11.7 Å². The summed E-state index contributed by atoms with van der Waals surface area (Å²) < 4.78 is 0. The summed E-state index contributed by atoms with van der Waals surface area (Å²) in [6.07, 6.45) is -0.202. The summed E-state index contributed by atoms with van der Waals surface area (Å²) in [6.45, 7) is 0. The maximum absolute atomic E-state index is 10.0. The van der Waals surface area contributed by atoms with Gasteiger partial charge in [-0.25, -0.2) is 5.43 Å². The first kappa shape index (κ1) is 10.3. The van der Waals surface area contributed by atoms with Crippen LogP contribution in [0.3, 0.4) is 0 Å². The Kier molecular flexibility index (Phi) is 2.35. The number of hydrogen-bond acceptors (Lipinski definition) is 3. The molecular weight excluding hydrogens is 234 g/mol. The van der Waals surface area contributed by atoms with E-state index >= 15 is 0 Å². The number of aromatic hydroxyl groups is 1. The summed E-state index contributed by atoms with van der Waals surface area (Å²) in [5.41, 5.74) is 6.54. The first-order chi connectivity index (χ1) is 8.24. The highest BCUT2D eigenvalue weighted by Gasteiger charge is 2.21. The molecule has 4 N–H and O–H groups in total. The van der Waals surface area contributed by atoms with Crippen LogP contribution in [0.5, 0.6) is 5.75 Å². The Balaban J connectivity index is 2.10. The lowest BCUT2D eigenvalue weighted by molar-refractivity contribution is 0.448. The zero-order valence-corrected chi connectivity index (χ0v) is 9.71. The molecule has 0 aromatic heterocycles. The Labute approximate surface area is 104 Å². The molecule has 3 rings (SSSR count). The summed E-state index contributed by atoms with van der Waals surface area (Å²) in [7, 11) is 0. The third-order valence-electron chi connectivity index (χ3n) is 2.81. The van der Waals surface area contributed by atoms with Gasteiger partial charge in [-0.3, -0.25) is 5.43 Å². The topological polar surface area (TPSA) is 56.3 Å². The van der Waals surface area contributed by atoms with Crippen LogP contribution in [0.15, 0.2) is 36.4 Å². The average Bonchev–Trinajstić information content (AvgIpc) is 2.75. The second kappa shape index (κ2) is 3.87. The second-order valence-corrected chi connectivity index (χ2v) is 4.34. The van der Waals surface area contributed by atoms with Crippen LogP contribution in [-0.4, -0.2) is 10.2 Å². The van der Waals surface area contributed by atoms with Crippen molar-refractivity contribution in [2.24, 2.45) is 0 Å². The zero-order valence-electron chi connectivity index (χ0n) is 8.90. The third-order valence-corrected chi connectivity index (χ3v) is 3.03. The van der Waals surface area contributed by atoms with Gasteiger partial charge < -0.3 is 10.4 Å². The minimum atomic E-state index is -0.202. The van der Waals surface area contributed by atoms with Crippen molar-refractivity contribution < 1.29 is 5.11 Å². The highest BCUT2D eigenvalue weighted by Crippen LogP contribution is 2.29. The highest BCUT2D eigenvalue weighted by atomic mass is 32.1.